The van der Waals surface area contributed by atoms with E-state index in [1.165, 1.54) is 0 Å². The van der Waals surface area contributed by atoms with Crippen LogP contribution in [-0.4, -0.2) is 15.2 Å². The lowest BCUT2D eigenvalue weighted by atomic mass is 10.2. The molecule has 0 aromatic heterocycles. The molecule has 0 spiro atoms. The molecule has 0 aliphatic rings. The number of rotatable bonds is 4. The van der Waals surface area contributed by atoms with Crippen LogP contribution in [-0.2, 0) is 9.73 Å². The van der Waals surface area contributed by atoms with E-state index in [9.17, 15) is 4.21 Å². The summed E-state index contributed by atoms with van der Waals surface area (Å²) in [6, 6.07) is 0. The van der Waals surface area contributed by atoms with Crippen molar-refractivity contribution in [3.8, 4) is 0 Å². The molecular weight excluding hydrogens is 170 g/mol. The highest BCUT2D eigenvalue weighted by Crippen LogP contribution is 2.15. The van der Waals surface area contributed by atoms with E-state index in [0.29, 0.717) is 17.6 Å². The maximum atomic E-state index is 11.8. The summed E-state index contributed by atoms with van der Waals surface area (Å²) in [6.07, 6.45) is 0. The van der Waals surface area contributed by atoms with Crippen molar-refractivity contribution in [3.63, 3.8) is 0 Å². The molecule has 0 heterocycles. The first-order valence-corrected chi connectivity index (χ1v) is 6.31. The first-order chi connectivity index (χ1) is 5.27. The summed E-state index contributed by atoms with van der Waals surface area (Å²) in [5, 5.41) is 0.0138. The Kier molecular flexibility index (Phi) is 4.24. The molecule has 0 aromatic carbocycles. The molecule has 0 radical (unpaired) electrons. The third kappa shape index (κ3) is 3.57. The molecule has 0 amide bonds. The summed E-state index contributed by atoms with van der Waals surface area (Å²) in [4.78, 5) is 0. The van der Waals surface area contributed by atoms with Gasteiger partial charge in [0.2, 0.25) is 0 Å². The molecule has 0 aliphatic carbocycles. The molecule has 0 aromatic rings. The standard InChI is InChI=1S/C9H21NOS/c1-7(2)6-12(10,11)9(5)8(3)4/h7-10H,6H2,1-5H3/t9-,12-/m0/s1. The number of nitrogens with one attached hydrogen (secondary N) is 1. The topological polar surface area (TPSA) is 40.9 Å². The van der Waals surface area contributed by atoms with Gasteiger partial charge in [0.15, 0.2) is 0 Å². The Balaban J connectivity index is 4.41. The summed E-state index contributed by atoms with van der Waals surface area (Å²) in [7, 11) is -2.36. The van der Waals surface area contributed by atoms with Gasteiger partial charge in [0, 0.05) is 20.7 Å². The van der Waals surface area contributed by atoms with Gasteiger partial charge < -0.3 is 0 Å². The van der Waals surface area contributed by atoms with Gasteiger partial charge in [-0.25, -0.2) is 4.21 Å². The van der Waals surface area contributed by atoms with Gasteiger partial charge in [0.25, 0.3) is 0 Å². The van der Waals surface area contributed by atoms with E-state index in [-0.39, 0.29) is 5.25 Å². The van der Waals surface area contributed by atoms with Crippen LogP contribution in [0, 0.1) is 16.6 Å². The lowest BCUT2D eigenvalue weighted by Crippen LogP contribution is -2.26. The SMILES string of the molecule is CC(C)C[S@](=N)(=O)[C@@H](C)C(C)C. The summed E-state index contributed by atoms with van der Waals surface area (Å²) in [6.45, 7) is 10.0. The average Bonchev–Trinajstić information content (AvgIpc) is 1.82. The predicted octanol–water partition coefficient (Wildman–Crippen LogP) is 2.73. The Morgan fingerprint density at radius 1 is 1.17 bits per heavy atom. The Morgan fingerprint density at radius 3 is 1.83 bits per heavy atom. The van der Waals surface area contributed by atoms with Crippen molar-refractivity contribution in [2.75, 3.05) is 5.75 Å². The second kappa shape index (κ2) is 4.26. The molecule has 74 valence electrons. The van der Waals surface area contributed by atoms with Crippen molar-refractivity contribution in [1.82, 2.24) is 0 Å². The molecule has 0 fully saturated rings. The average molecular weight is 191 g/mol. The van der Waals surface area contributed by atoms with Gasteiger partial charge in [-0.15, -0.1) is 0 Å². The van der Waals surface area contributed by atoms with Crippen LogP contribution in [0.5, 0.6) is 0 Å². The molecule has 1 N–H and O–H groups in total. The van der Waals surface area contributed by atoms with Crippen LogP contribution in [0.4, 0.5) is 0 Å². The van der Waals surface area contributed by atoms with Crippen LogP contribution in [0.25, 0.3) is 0 Å². The van der Waals surface area contributed by atoms with Gasteiger partial charge >= 0.3 is 0 Å². The highest BCUT2D eigenvalue weighted by Gasteiger charge is 2.20. The van der Waals surface area contributed by atoms with E-state index in [4.69, 9.17) is 4.78 Å². The van der Waals surface area contributed by atoms with Crippen molar-refractivity contribution >= 4 is 9.73 Å². The second-order valence-corrected chi connectivity index (χ2v) is 6.77. The monoisotopic (exact) mass is 191 g/mol. The Bertz CT molecular complexity index is 217. The normalized spacial score (nSPS) is 19.6. The molecule has 0 saturated carbocycles. The molecule has 2 atom stereocenters. The van der Waals surface area contributed by atoms with E-state index < -0.39 is 9.73 Å². The Hall–Kier alpha value is -0.0500. The van der Waals surface area contributed by atoms with Crippen LogP contribution < -0.4 is 0 Å². The van der Waals surface area contributed by atoms with Gasteiger partial charge in [-0.1, -0.05) is 27.7 Å². The van der Waals surface area contributed by atoms with Gasteiger partial charge in [0.05, 0.1) is 0 Å². The fourth-order valence-electron chi connectivity index (χ4n) is 1.09. The van der Waals surface area contributed by atoms with Crippen molar-refractivity contribution in [1.29, 1.82) is 4.78 Å². The summed E-state index contributed by atoms with van der Waals surface area (Å²) in [5.41, 5.74) is 0. The Labute approximate surface area is 76.7 Å². The van der Waals surface area contributed by atoms with E-state index in [0.717, 1.165) is 0 Å². The van der Waals surface area contributed by atoms with E-state index in [1.807, 2.05) is 34.6 Å². The summed E-state index contributed by atoms with van der Waals surface area (Å²) >= 11 is 0. The van der Waals surface area contributed by atoms with E-state index in [2.05, 4.69) is 0 Å². The van der Waals surface area contributed by atoms with Crippen LogP contribution in [0.1, 0.15) is 34.6 Å². The van der Waals surface area contributed by atoms with Crippen LogP contribution in [0.15, 0.2) is 0 Å². The minimum absolute atomic E-state index is 0.0138. The molecule has 0 saturated heterocycles. The fourth-order valence-corrected chi connectivity index (χ4v) is 3.26. The minimum atomic E-state index is -2.36. The molecule has 0 aliphatic heterocycles. The first-order valence-electron chi connectivity index (χ1n) is 4.52. The maximum absolute atomic E-state index is 11.8. The van der Waals surface area contributed by atoms with Crippen LogP contribution in [0.2, 0.25) is 0 Å². The molecular formula is C9H21NOS. The third-order valence-corrected chi connectivity index (χ3v) is 5.03. The zero-order valence-corrected chi connectivity index (χ0v) is 9.57. The van der Waals surface area contributed by atoms with Gasteiger partial charge in [-0.2, -0.15) is 0 Å². The van der Waals surface area contributed by atoms with Gasteiger partial charge in [0.1, 0.15) is 0 Å². The maximum Gasteiger partial charge on any atom is 0.0472 e. The molecule has 0 bridgehead atoms. The quantitative estimate of drug-likeness (QED) is 0.729. The zero-order chi connectivity index (χ0) is 9.94. The largest absolute Gasteiger partial charge is 0.253 e. The van der Waals surface area contributed by atoms with Crippen molar-refractivity contribution in [3.05, 3.63) is 0 Å². The predicted molar refractivity (Wildman–Crippen MR) is 54.9 cm³/mol. The van der Waals surface area contributed by atoms with Crippen LogP contribution in [0.3, 0.4) is 0 Å². The molecule has 0 rings (SSSR count). The molecule has 0 unspecified atom stereocenters. The third-order valence-electron chi connectivity index (χ3n) is 2.12. The number of hydrogen-bond acceptors (Lipinski definition) is 2. The van der Waals surface area contributed by atoms with Crippen LogP contribution >= 0.6 is 0 Å². The summed E-state index contributed by atoms with van der Waals surface area (Å²) < 4.78 is 19.5. The number of hydrogen-bond donors (Lipinski definition) is 1. The molecule has 12 heavy (non-hydrogen) atoms. The Morgan fingerprint density at radius 2 is 1.58 bits per heavy atom. The first kappa shape index (κ1) is 11.9. The van der Waals surface area contributed by atoms with Gasteiger partial charge in [-0.05, 0) is 18.8 Å². The fraction of sp³-hybridized carbons (Fsp3) is 1.00. The lowest BCUT2D eigenvalue weighted by molar-refractivity contribution is 0.588. The minimum Gasteiger partial charge on any atom is -0.253 e. The van der Waals surface area contributed by atoms with E-state index >= 15 is 0 Å². The zero-order valence-electron chi connectivity index (χ0n) is 8.76. The lowest BCUT2D eigenvalue weighted by Gasteiger charge is -2.20. The summed E-state index contributed by atoms with van der Waals surface area (Å²) in [5.74, 6) is 1.23. The second-order valence-electron chi connectivity index (χ2n) is 4.24. The molecule has 3 heteroatoms. The van der Waals surface area contributed by atoms with Gasteiger partial charge in [-0.3, -0.25) is 4.78 Å². The molecule has 2 nitrogen and oxygen atoms in total. The smallest absolute Gasteiger partial charge is 0.0472 e. The highest BCUT2D eigenvalue weighted by molar-refractivity contribution is 7.93. The van der Waals surface area contributed by atoms with Crippen molar-refractivity contribution in [2.45, 2.75) is 39.9 Å². The van der Waals surface area contributed by atoms with Crippen molar-refractivity contribution in [2.24, 2.45) is 11.8 Å². The highest BCUT2D eigenvalue weighted by atomic mass is 32.2. The van der Waals surface area contributed by atoms with E-state index in [1.54, 1.807) is 0 Å². The van der Waals surface area contributed by atoms with Crippen molar-refractivity contribution < 1.29 is 4.21 Å².